The second kappa shape index (κ2) is 8.88. The van der Waals surface area contributed by atoms with Crippen LogP contribution < -0.4 is 10.9 Å². The van der Waals surface area contributed by atoms with Gasteiger partial charge in [-0.05, 0) is 19.1 Å². The van der Waals surface area contributed by atoms with Gasteiger partial charge in [-0.15, -0.1) is 0 Å². The van der Waals surface area contributed by atoms with Gasteiger partial charge < -0.3 is 35.5 Å². The molecule has 26 heavy (non-hydrogen) atoms. The van der Waals surface area contributed by atoms with E-state index in [0.717, 1.165) is 0 Å². The number of nitrogens with one attached hydrogen (secondary N) is 2. The molecule has 1 heterocycles. The van der Waals surface area contributed by atoms with E-state index < -0.39 is 43.3 Å². The maximum atomic E-state index is 11.6. The molecule has 0 aliphatic rings. The first-order chi connectivity index (χ1) is 12.4. The molecule has 2 aromatic rings. The lowest BCUT2D eigenvalue weighted by atomic mass is 10.1. The Hall–Kier alpha value is -2.30. The predicted octanol–water partition coefficient (Wildman–Crippen LogP) is -0.810. The van der Waals surface area contributed by atoms with Crippen LogP contribution in [-0.2, 0) is 4.74 Å². The van der Waals surface area contributed by atoms with Gasteiger partial charge in [-0.2, -0.15) is 0 Å². The highest BCUT2D eigenvalue weighted by atomic mass is 16.6. The number of hydrogen-bond donors (Lipinski definition) is 6. The van der Waals surface area contributed by atoms with E-state index in [0.29, 0.717) is 22.9 Å². The van der Waals surface area contributed by atoms with Crippen molar-refractivity contribution in [1.29, 1.82) is 0 Å². The number of aldehydes is 1. The molecule has 2 rings (SSSR count). The Morgan fingerprint density at radius 2 is 1.96 bits per heavy atom. The number of ether oxygens (including phenoxy) is 1. The SMILES string of the molecule is C[C@@H](O)C(CO)OC(O)[C@@H](CO)Nc1ccc2c(C=O)cc(=O)[nH]c2c1. The third kappa shape index (κ3) is 4.65. The number of aromatic nitrogens is 1. The van der Waals surface area contributed by atoms with E-state index in [1.807, 2.05) is 0 Å². The van der Waals surface area contributed by atoms with Crippen molar-refractivity contribution < 1.29 is 30.0 Å². The molecule has 0 saturated carbocycles. The fourth-order valence-electron chi connectivity index (χ4n) is 2.48. The van der Waals surface area contributed by atoms with Gasteiger partial charge in [0, 0.05) is 22.7 Å². The number of aromatic amines is 1. The van der Waals surface area contributed by atoms with Crippen LogP contribution in [0.5, 0.6) is 0 Å². The first-order valence-corrected chi connectivity index (χ1v) is 8.01. The molecule has 0 saturated heterocycles. The van der Waals surface area contributed by atoms with Crippen LogP contribution in [-0.4, -0.2) is 69.4 Å². The van der Waals surface area contributed by atoms with Gasteiger partial charge in [0.05, 0.1) is 24.8 Å². The zero-order valence-electron chi connectivity index (χ0n) is 14.1. The van der Waals surface area contributed by atoms with Crippen LogP contribution in [0.2, 0.25) is 0 Å². The molecule has 1 aromatic carbocycles. The lowest BCUT2D eigenvalue weighted by Crippen LogP contribution is -2.44. The van der Waals surface area contributed by atoms with E-state index >= 15 is 0 Å². The number of anilines is 1. The van der Waals surface area contributed by atoms with Gasteiger partial charge in [-0.3, -0.25) is 9.59 Å². The third-order valence-electron chi connectivity index (χ3n) is 3.93. The molecule has 6 N–H and O–H groups in total. The number of benzene rings is 1. The summed E-state index contributed by atoms with van der Waals surface area (Å²) in [7, 11) is 0. The van der Waals surface area contributed by atoms with Crippen molar-refractivity contribution in [3.05, 3.63) is 40.2 Å². The van der Waals surface area contributed by atoms with Crippen LogP contribution in [0.25, 0.3) is 10.9 Å². The van der Waals surface area contributed by atoms with Gasteiger partial charge in [-0.1, -0.05) is 6.07 Å². The fraction of sp³-hybridized carbons (Fsp3) is 0.412. The molecule has 0 spiro atoms. The zero-order valence-corrected chi connectivity index (χ0v) is 14.1. The van der Waals surface area contributed by atoms with Crippen molar-refractivity contribution in [2.75, 3.05) is 18.5 Å². The maximum Gasteiger partial charge on any atom is 0.249 e. The van der Waals surface area contributed by atoms with Crippen LogP contribution in [0, 0.1) is 0 Å². The maximum absolute atomic E-state index is 11.6. The molecule has 9 nitrogen and oxygen atoms in total. The minimum Gasteiger partial charge on any atom is -0.394 e. The summed E-state index contributed by atoms with van der Waals surface area (Å²) in [5.41, 5.74) is 0.686. The molecule has 0 radical (unpaired) electrons. The molecule has 0 bridgehead atoms. The van der Waals surface area contributed by atoms with E-state index in [9.17, 15) is 24.9 Å². The summed E-state index contributed by atoms with van der Waals surface area (Å²) in [6, 6.07) is 5.02. The Labute approximate surface area is 148 Å². The normalized spacial score (nSPS) is 16.0. The number of rotatable bonds is 9. The first kappa shape index (κ1) is 20.0. The summed E-state index contributed by atoms with van der Waals surface area (Å²) in [6.07, 6.45) is -2.95. The van der Waals surface area contributed by atoms with Crippen LogP contribution in [0.1, 0.15) is 17.3 Å². The molecule has 0 aliphatic heterocycles. The summed E-state index contributed by atoms with van der Waals surface area (Å²) in [4.78, 5) is 25.3. The van der Waals surface area contributed by atoms with Crippen LogP contribution in [0.4, 0.5) is 5.69 Å². The standard InChI is InChI=1S/C17H22N2O7/c1-9(23)15(8-22)26-17(25)14(7-21)18-11-2-3-12-10(6-20)4-16(24)19-13(12)5-11/h2-6,9,14-15,17-18,21-23,25H,7-8H2,1H3,(H,19,24)/t9-,14-,15?,17?/m1/s1. The first-order valence-electron chi connectivity index (χ1n) is 8.01. The quantitative estimate of drug-likeness (QED) is 0.249. The molecule has 2 unspecified atom stereocenters. The number of carbonyl (C=O) groups is 1. The molecule has 4 atom stereocenters. The third-order valence-corrected chi connectivity index (χ3v) is 3.93. The van der Waals surface area contributed by atoms with Crippen molar-refractivity contribution in [3.8, 4) is 0 Å². The van der Waals surface area contributed by atoms with E-state index in [1.165, 1.54) is 13.0 Å². The lowest BCUT2D eigenvalue weighted by molar-refractivity contribution is -0.182. The van der Waals surface area contributed by atoms with Gasteiger partial charge in [0.15, 0.2) is 12.6 Å². The molecular formula is C17H22N2O7. The van der Waals surface area contributed by atoms with Gasteiger partial charge in [0.1, 0.15) is 12.1 Å². The molecule has 0 fully saturated rings. The molecule has 1 aromatic heterocycles. The van der Waals surface area contributed by atoms with Crippen LogP contribution in [0.15, 0.2) is 29.1 Å². The number of aliphatic hydroxyl groups is 4. The average Bonchev–Trinajstić information content (AvgIpc) is 2.62. The van der Waals surface area contributed by atoms with E-state index in [4.69, 9.17) is 9.84 Å². The molecule has 142 valence electrons. The number of pyridine rings is 1. The van der Waals surface area contributed by atoms with Gasteiger partial charge >= 0.3 is 0 Å². The minimum absolute atomic E-state index is 0.250. The molecule has 9 heteroatoms. The van der Waals surface area contributed by atoms with Crippen molar-refractivity contribution in [1.82, 2.24) is 4.98 Å². The van der Waals surface area contributed by atoms with Crippen molar-refractivity contribution in [3.63, 3.8) is 0 Å². The Bertz CT molecular complexity index is 805. The highest BCUT2D eigenvalue weighted by molar-refractivity contribution is 5.97. The van der Waals surface area contributed by atoms with Crippen molar-refractivity contribution >= 4 is 22.9 Å². The smallest absolute Gasteiger partial charge is 0.249 e. The highest BCUT2D eigenvalue weighted by Gasteiger charge is 2.25. The second-order valence-corrected chi connectivity index (χ2v) is 5.89. The largest absolute Gasteiger partial charge is 0.394 e. The van der Waals surface area contributed by atoms with Crippen LogP contribution in [0.3, 0.4) is 0 Å². The number of fused-ring (bicyclic) bond motifs is 1. The van der Waals surface area contributed by atoms with E-state index in [2.05, 4.69) is 10.3 Å². The van der Waals surface area contributed by atoms with E-state index in [-0.39, 0.29) is 5.56 Å². The second-order valence-electron chi connectivity index (χ2n) is 5.89. The number of carbonyl (C=O) groups excluding carboxylic acids is 1. The van der Waals surface area contributed by atoms with Crippen molar-refractivity contribution in [2.24, 2.45) is 0 Å². The minimum atomic E-state index is -1.51. The number of hydrogen-bond acceptors (Lipinski definition) is 8. The number of H-pyrrole nitrogens is 1. The average molecular weight is 366 g/mol. The molecular weight excluding hydrogens is 344 g/mol. The Balaban J connectivity index is 2.22. The summed E-state index contributed by atoms with van der Waals surface area (Å²) in [6.45, 7) is 0.403. The van der Waals surface area contributed by atoms with Gasteiger partial charge in [0.2, 0.25) is 5.56 Å². The summed E-state index contributed by atoms with van der Waals surface area (Å²) >= 11 is 0. The Kier molecular flexibility index (Phi) is 6.83. The summed E-state index contributed by atoms with van der Waals surface area (Å²) in [5, 5.41) is 41.6. The zero-order chi connectivity index (χ0) is 19.3. The fourth-order valence-corrected chi connectivity index (χ4v) is 2.48. The van der Waals surface area contributed by atoms with E-state index in [1.54, 1.807) is 18.2 Å². The molecule has 0 aliphatic carbocycles. The topological polar surface area (TPSA) is 152 Å². The number of aliphatic hydroxyl groups excluding tert-OH is 4. The summed E-state index contributed by atoms with van der Waals surface area (Å²) in [5.74, 6) is 0. The lowest BCUT2D eigenvalue weighted by Gasteiger charge is -2.28. The van der Waals surface area contributed by atoms with Gasteiger partial charge in [-0.25, -0.2) is 0 Å². The highest BCUT2D eigenvalue weighted by Crippen LogP contribution is 2.20. The Morgan fingerprint density at radius 3 is 2.54 bits per heavy atom. The van der Waals surface area contributed by atoms with Crippen molar-refractivity contribution in [2.45, 2.75) is 31.5 Å². The van der Waals surface area contributed by atoms with Gasteiger partial charge in [0.25, 0.3) is 0 Å². The monoisotopic (exact) mass is 366 g/mol. The molecule has 0 amide bonds. The summed E-state index contributed by atoms with van der Waals surface area (Å²) < 4.78 is 5.16. The predicted molar refractivity (Wildman–Crippen MR) is 94.1 cm³/mol. The van der Waals surface area contributed by atoms with Crippen LogP contribution >= 0.6 is 0 Å². The Morgan fingerprint density at radius 1 is 1.23 bits per heavy atom.